The lowest BCUT2D eigenvalue weighted by molar-refractivity contribution is 0.126. The molecule has 2 rings (SSSR count). The van der Waals surface area contributed by atoms with Gasteiger partial charge in [-0.15, -0.1) is 6.58 Å². The molecular weight excluding hydrogens is 310 g/mol. The van der Waals surface area contributed by atoms with Crippen molar-refractivity contribution >= 4 is 27.6 Å². The molecular formula is C13H19BrN4O. The third-order valence-corrected chi connectivity index (χ3v) is 3.58. The molecule has 1 heterocycles. The van der Waals surface area contributed by atoms with E-state index in [-0.39, 0.29) is 6.10 Å². The summed E-state index contributed by atoms with van der Waals surface area (Å²) in [5.74, 6) is 1.48. The Hall–Kier alpha value is -1.14. The standard InChI is InChI=1S/C13H19BrN4O/c1-2-7-15-12-13(18-11(14)8-16-12)17-9-3-5-10(19)6-4-9/h2,8-10,19H,1,3-7H2,(H,15,16)(H,17,18)/t9-,10-/i2+1,7+1. The third kappa shape index (κ3) is 4.18. The Labute approximate surface area is 121 Å². The number of aliphatic hydroxyl groups excluding tert-OH is 1. The average Bonchev–Trinajstić information content (AvgIpc) is 2.40. The fourth-order valence-corrected chi connectivity index (χ4v) is 2.46. The first-order valence-corrected chi connectivity index (χ1v) is 7.30. The Morgan fingerprint density at radius 3 is 2.79 bits per heavy atom. The van der Waals surface area contributed by atoms with E-state index in [9.17, 15) is 5.11 Å². The van der Waals surface area contributed by atoms with E-state index >= 15 is 0 Å². The van der Waals surface area contributed by atoms with Crippen molar-refractivity contribution < 1.29 is 5.11 Å². The summed E-state index contributed by atoms with van der Waals surface area (Å²) in [5.41, 5.74) is 0. The Bertz CT molecular complexity index is 433. The van der Waals surface area contributed by atoms with Gasteiger partial charge in [-0.05, 0) is 41.6 Å². The highest BCUT2D eigenvalue weighted by atomic mass is 79.9. The zero-order valence-electron chi connectivity index (χ0n) is 10.8. The number of aliphatic hydroxyl groups is 1. The number of rotatable bonds is 5. The summed E-state index contributed by atoms with van der Waals surface area (Å²) in [6, 6.07) is 0.344. The summed E-state index contributed by atoms with van der Waals surface area (Å²) in [4.78, 5) is 8.74. The zero-order chi connectivity index (χ0) is 13.7. The average molecular weight is 329 g/mol. The summed E-state index contributed by atoms with van der Waals surface area (Å²) in [6.45, 7) is 4.33. The van der Waals surface area contributed by atoms with Gasteiger partial charge in [-0.3, -0.25) is 0 Å². The maximum absolute atomic E-state index is 9.52. The molecule has 3 N–H and O–H groups in total. The van der Waals surface area contributed by atoms with Crippen LogP contribution in [0.3, 0.4) is 0 Å². The molecule has 1 aromatic rings. The number of aromatic nitrogens is 2. The van der Waals surface area contributed by atoms with Crippen LogP contribution in [0.2, 0.25) is 0 Å². The fraction of sp³-hybridized carbons (Fsp3) is 0.538. The van der Waals surface area contributed by atoms with Gasteiger partial charge in [-0.2, -0.15) is 0 Å². The van der Waals surface area contributed by atoms with Gasteiger partial charge in [-0.1, -0.05) is 6.08 Å². The van der Waals surface area contributed by atoms with E-state index in [4.69, 9.17) is 0 Å². The van der Waals surface area contributed by atoms with Crippen LogP contribution < -0.4 is 10.6 Å². The molecule has 1 aliphatic rings. The Morgan fingerprint density at radius 2 is 2.11 bits per heavy atom. The molecule has 0 aliphatic heterocycles. The molecule has 1 aliphatic carbocycles. The van der Waals surface area contributed by atoms with E-state index < -0.39 is 0 Å². The first kappa shape index (κ1) is 14.3. The second-order valence-corrected chi connectivity index (χ2v) is 5.52. The number of halogens is 1. The van der Waals surface area contributed by atoms with Crippen LogP contribution >= 0.6 is 15.9 Å². The molecule has 0 atom stereocenters. The molecule has 1 aromatic heterocycles. The van der Waals surface area contributed by atoms with E-state index in [1.807, 2.05) is 0 Å². The minimum Gasteiger partial charge on any atom is -0.393 e. The minimum absolute atomic E-state index is 0.148. The van der Waals surface area contributed by atoms with Gasteiger partial charge in [0.2, 0.25) is 0 Å². The molecule has 0 unspecified atom stereocenters. The van der Waals surface area contributed by atoms with Crippen molar-refractivity contribution in [2.75, 3.05) is 17.2 Å². The van der Waals surface area contributed by atoms with E-state index in [1.54, 1.807) is 12.3 Å². The van der Waals surface area contributed by atoms with Crippen LogP contribution in [-0.4, -0.2) is 33.8 Å². The smallest absolute Gasteiger partial charge is 0.170 e. The van der Waals surface area contributed by atoms with Gasteiger partial charge in [0, 0.05) is 12.6 Å². The number of nitrogens with zero attached hydrogens (tertiary/aromatic N) is 2. The van der Waals surface area contributed by atoms with Gasteiger partial charge >= 0.3 is 0 Å². The molecule has 0 bridgehead atoms. The highest BCUT2D eigenvalue weighted by Gasteiger charge is 2.20. The second-order valence-electron chi connectivity index (χ2n) is 4.71. The van der Waals surface area contributed by atoms with Crippen LogP contribution in [0.25, 0.3) is 0 Å². The van der Waals surface area contributed by atoms with Crippen LogP contribution in [0.15, 0.2) is 23.5 Å². The Morgan fingerprint density at radius 1 is 1.37 bits per heavy atom. The van der Waals surface area contributed by atoms with Crippen molar-refractivity contribution in [2.45, 2.75) is 37.8 Å². The minimum atomic E-state index is -0.148. The number of nitrogens with one attached hydrogen (secondary N) is 2. The van der Waals surface area contributed by atoms with E-state index in [1.165, 1.54) is 0 Å². The molecule has 0 radical (unpaired) electrons. The predicted molar refractivity (Wildman–Crippen MR) is 80.3 cm³/mol. The lowest BCUT2D eigenvalue weighted by Gasteiger charge is -2.27. The Kier molecular flexibility index (Phi) is 5.15. The molecule has 104 valence electrons. The maximum Gasteiger partial charge on any atom is 0.170 e. The van der Waals surface area contributed by atoms with Gasteiger partial charge < -0.3 is 15.7 Å². The molecule has 0 aromatic carbocycles. The maximum atomic E-state index is 9.52. The first-order chi connectivity index (χ1) is 9.19. The second kappa shape index (κ2) is 6.86. The fourth-order valence-electron chi connectivity index (χ4n) is 2.18. The lowest BCUT2D eigenvalue weighted by Crippen LogP contribution is -2.29. The number of anilines is 2. The quantitative estimate of drug-likeness (QED) is 0.572. The van der Waals surface area contributed by atoms with Crippen LogP contribution in [0.5, 0.6) is 0 Å². The molecule has 0 saturated heterocycles. The molecule has 0 amide bonds. The summed E-state index contributed by atoms with van der Waals surface area (Å²) >= 11 is 3.34. The zero-order valence-corrected chi connectivity index (χ0v) is 12.4. The predicted octanol–water partition coefficient (Wildman–Crippen LogP) is 2.55. The first-order valence-electron chi connectivity index (χ1n) is 6.51. The van der Waals surface area contributed by atoms with Crippen molar-refractivity contribution in [2.24, 2.45) is 0 Å². The van der Waals surface area contributed by atoms with Gasteiger partial charge in [0.05, 0.1) is 12.3 Å². The number of hydrogen-bond donors (Lipinski definition) is 3. The van der Waals surface area contributed by atoms with Crippen molar-refractivity contribution in [3.63, 3.8) is 0 Å². The van der Waals surface area contributed by atoms with Crippen LogP contribution in [0, 0.1) is 0 Å². The summed E-state index contributed by atoms with van der Waals surface area (Å²) in [7, 11) is 0. The van der Waals surface area contributed by atoms with Crippen LogP contribution in [0.4, 0.5) is 11.6 Å². The third-order valence-electron chi connectivity index (χ3n) is 3.19. The SMILES string of the molecule is C=[13CH][13CH2]Nc1ncc(Br)nc1N[C@H]1CC[C@H](O)CC1. The highest BCUT2D eigenvalue weighted by molar-refractivity contribution is 9.10. The number of hydrogen-bond acceptors (Lipinski definition) is 5. The normalized spacial score (nSPS) is 22.8. The van der Waals surface area contributed by atoms with Crippen LogP contribution in [0.1, 0.15) is 25.7 Å². The van der Waals surface area contributed by atoms with Crippen molar-refractivity contribution in [3.05, 3.63) is 23.5 Å². The van der Waals surface area contributed by atoms with Gasteiger partial charge in [0.1, 0.15) is 4.60 Å². The lowest BCUT2D eigenvalue weighted by atomic mass is 9.93. The molecule has 5 nitrogen and oxygen atoms in total. The van der Waals surface area contributed by atoms with Crippen molar-refractivity contribution in [3.8, 4) is 0 Å². The van der Waals surface area contributed by atoms with Crippen LogP contribution in [-0.2, 0) is 0 Å². The Balaban J connectivity index is 2.04. The van der Waals surface area contributed by atoms with E-state index in [0.29, 0.717) is 17.2 Å². The highest BCUT2D eigenvalue weighted by Crippen LogP contribution is 2.25. The topological polar surface area (TPSA) is 70.1 Å². The largest absolute Gasteiger partial charge is 0.393 e. The van der Waals surface area contributed by atoms with E-state index in [2.05, 4.69) is 43.1 Å². The van der Waals surface area contributed by atoms with Crippen molar-refractivity contribution in [1.82, 2.24) is 9.97 Å². The van der Waals surface area contributed by atoms with E-state index in [0.717, 1.165) is 37.3 Å². The van der Waals surface area contributed by atoms with Crippen molar-refractivity contribution in [1.29, 1.82) is 0 Å². The molecule has 6 heteroatoms. The van der Waals surface area contributed by atoms with Gasteiger partial charge in [-0.25, -0.2) is 9.97 Å². The molecule has 1 fully saturated rings. The summed E-state index contributed by atoms with van der Waals surface area (Å²) in [6.07, 6.45) is 6.89. The van der Waals surface area contributed by atoms with Gasteiger partial charge in [0.25, 0.3) is 0 Å². The van der Waals surface area contributed by atoms with Gasteiger partial charge in [0.15, 0.2) is 11.6 Å². The summed E-state index contributed by atoms with van der Waals surface area (Å²) < 4.78 is 0.704. The molecule has 0 spiro atoms. The molecule has 1 saturated carbocycles. The molecule has 19 heavy (non-hydrogen) atoms. The summed E-state index contributed by atoms with van der Waals surface area (Å²) in [5, 5.41) is 16.1. The monoisotopic (exact) mass is 328 g/mol.